The first-order valence-corrected chi connectivity index (χ1v) is 6.40. The second-order valence-corrected chi connectivity index (χ2v) is 4.83. The molecule has 0 aromatic heterocycles. The van der Waals surface area contributed by atoms with Crippen molar-refractivity contribution in [3.05, 3.63) is 59.7 Å². The molecule has 0 bridgehead atoms. The lowest BCUT2D eigenvalue weighted by Crippen LogP contribution is -2.04. The van der Waals surface area contributed by atoms with Crippen LogP contribution >= 0.6 is 0 Å². The molecule has 1 aliphatic carbocycles. The lowest BCUT2D eigenvalue weighted by Gasteiger charge is -2.10. The van der Waals surface area contributed by atoms with E-state index in [-0.39, 0.29) is 23.3 Å². The third-order valence-corrected chi connectivity index (χ3v) is 3.20. The average Bonchev–Trinajstić information content (AvgIpc) is 3.25. The molecule has 0 spiro atoms. The predicted octanol–water partition coefficient (Wildman–Crippen LogP) is 4.35. The van der Waals surface area contributed by atoms with E-state index < -0.39 is 5.82 Å². The van der Waals surface area contributed by atoms with Crippen molar-refractivity contribution in [2.45, 2.75) is 12.8 Å². The summed E-state index contributed by atoms with van der Waals surface area (Å²) in [7, 11) is 0. The Morgan fingerprint density at radius 3 is 2.30 bits per heavy atom. The Morgan fingerprint density at radius 1 is 1.00 bits per heavy atom. The summed E-state index contributed by atoms with van der Waals surface area (Å²) in [6.45, 7) is 0. The van der Waals surface area contributed by atoms with Crippen LogP contribution in [-0.4, -0.2) is 5.78 Å². The van der Waals surface area contributed by atoms with Crippen LogP contribution in [0.2, 0.25) is 0 Å². The van der Waals surface area contributed by atoms with E-state index in [2.05, 4.69) is 0 Å². The largest absolute Gasteiger partial charge is 0.457 e. The molecule has 20 heavy (non-hydrogen) atoms. The Bertz CT molecular complexity index is 646. The molecule has 0 unspecified atom stereocenters. The van der Waals surface area contributed by atoms with Gasteiger partial charge in [0.2, 0.25) is 0 Å². The maximum atomic E-state index is 13.3. The topological polar surface area (TPSA) is 26.3 Å². The summed E-state index contributed by atoms with van der Waals surface area (Å²) < 4.78 is 31.7. The second-order valence-electron chi connectivity index (χ2n) is 4.83. The van der Waals surface area contributed by atoms with E-state index in [1.54, 1.807) is 0 Å². The molecule has 2 aromatic carbocycles. The van der Waals surface area contributed by atoms with Crippen LogP contribution < -0.4 is 4.74 Å². The van der Waals surface area contributed by atoms with Crippen molar-refractivity contribution in [3.63, 3.8) is 0 Å². The van der Waals surface area contributed by atoms with E-state index in [1.165, 1.54) is 42.5 Å². The minimum Gasteiger partial charge on any atom is -0.457 e. The van der Waals surface area contributed by atoms with Gasteiger partial charge in [0.15, 0.2) is 5.78 Å². The molecule has 0 N–H and O–H groups in total. The molecule has 0 atom stereocenters. The van der Waals surface area contributed by atoms with Crippen LogP contribution in [0.4, 0.5) is 8.78 Å². The fraction of sp³-hybridized carbons (Fsp3) is 0.188. The van der Waals surface area contributed by atoms with Gasteiger partial charge in [-0.1, -0.05) is 0 Å². The van der Waals surface area contributed by atoms with E-state index in [0.29, 0.717) is 11.3 Å². The Labute approximate surface area is 115 Å². The summed E-state index contributed by atoms with van der Waals surface area (Å²) in [5, 5.41) is 0. The molecule has 4 heteroatoms. The number of ether oxygens (including phenoxy) is 1. The third kappa shape index (κ3) is 2.69. The SMILES string of the molecule is O=C(c1ccc(F)cc1Oc1ccc(F)cc1)C1CC1. The number of carbonyl (C=O) groups excluding carboxylic acids is 1. The van der Waals surface area contributed by atoms with E-state index in [1.807, 2.05) is 0 Å². The van der Waals surface area contributed by atoms with E-state index in [0.717, 1.165) is 12.8 Å². The molecular weight excluding hydrogens is 262 g/mol. The van der Waals surface area contributed by atoms with Crippen molar-refractivity contribution in [3.8, 4) is 11.5 Å². The highest BCUT2D eigenvalue weighted by atomic mass is 19.1. The minimum absolute atomic E-state index is 0.0241. The molecule has 0 radical (unpaired) electrons. The fourth-order valence-corrected chi connectivity index (χ4v) is 1.98. The summed E-state index contributed by atoms with van der Waals surface area (Å²) in [5.41, 5.74) is 0.373. The molecule has 3 rings (SSSR count). The van der Waals surface area contributed by atoms with Crippen LogP contribution in [0.25, 0.3) is 0 Å². The summed E-state index contributed by atoms with van der Waals surface area (Å²) in [4.78, 5) is 12.1. The highest BCUT2D eigenvalue weighted by Crippen LogP contribution is 2.36. The molecule has 1 fully saturated rings. The first-order valence-electron chi connectivity index (χ1n) is 6.40. The summed E-state index contributed by atoms with van der Waals surface area (Å²) in [5.74, 6) is -0.325. The van der Waals surface area contributed by atoms with Crippen LogP contribution in [0.3, 0.4) is 0 Å². The van der Waals surface area contributed by atoms with Gasteiger partial charge in [-0.3, -0.25) is 4.79 Å². The smallest absolute Gasteiger partial charge is 0.169 e. The van der Waals surface area contributed by atoms with Gasteiger partial charge in [0.1, 0.15) is 23.1 Å². The first-order chi connectivity index (χ1) is 9.63. The van der Waals surface area contributed by atoms with Gasteiger partial charge in [-0.2, -0.15) is 0 Å². The van der Waals surface area contributed by atoms with Crippen LogP contribution in [0, 0.1) is 17.6 Å². The van der Waals surface area contributed by atoms with Gasteiger partial charge in [-0.25, -0.2) is 8.78 Å². The molecule has 2 nitrogen and oxygen atoms in total. The van der Waals surface area contributed by atoms with Crippen molar-refractivity contribution in [2.24, 2.45) is 5.92 Å². The fourth-order valence-electron chi connectivity index (χ4n) is 1.98. The first kappa shape index (κ1) is 12.8. The molecule has 102 valence electrons. The van der Waals surface area contributed by atoms with Gasteiger partial charge in [0.25, 0.3) is 0 Å². The summed E-state index contributed by atoms with van der Waals surface area (Å²) in [6, 6.07) is 9.23. The summed E-state index contributed by atoms with van der Waals surface area (Å²) >= 11 is 0. The maximum Gasteiger partial charge on any atom is 0.169 e. The zero-order valence-corrected chi connectivity index (χ0v) is 10.6. The number of benzene rings is 2. The van der Waals surface area contributed by atoms with Crippen molar-refractivity contribution < 1.29 is 18.3 Å². The lowest BCUT2D eigenvalue weighted by molar-refractivity contribution is 0.0965. The molecular formula is C16H12F2O2. The zero-order chi connectivity index (χ0) is 14.1. The number of halogens is 2. The quantitative estimate of drug-likeness (QED) is 0.775. The average molecular weight is 274 g/mol. The minimum atomic E-state index is -0.477. The van der Waals surface area contributed by atoms with Gasteiger partial charge < -0.3 is 4.74 Å². The highest BCUT2D eigenvalue weighted by Gasteiger charge is 2.32. The number of hydrogen-bond donors (Lipinski definition) is 0. The Kier molecular flexibility index (Phi) is 3.22. The maximum absolute atomic E-state index is 13.3. The molecule has 0 amide bonds. The van der Waals surface area contributed by atoms with Gasteiger partial charge >= 0.3 is 0 Å². The second kappa shape index (κ2) is 5.04. The monoisotopic (exact) mass is 274 g/mol. The van der Waals surface area contributed by atoms with Gasteiger partial charge in [0.05, 0.1) is 5.56 Å². The molecule has 0 heterocycles. The predicted molar refractivity (Wildman–Crippen MR) is 69.9 cm³/mol. The molecule has 2 aromatic rings. The van der Waals surface area contributed by atoms with Gasteiger partial charge in [0, 0.05) is 12.0 Å². The molecule has 1 saturated carbocycles. The highest BCUT2D eigenvalue weighted by molar-refractivity contribution is 6.01. The van der Waals surface area contributed by atoms with E-state index in [9.17, 15) is 13.6 Å². The molecule has 1 aliphatic rings. The Hall–Kier alpha value is -2.23. The molecule has 0 saturated heterocycles. The van der Waals surface area contributed by atoms with Gasteiger partial charge in [-0.15, -0.1) is 0 Å². The lowest BCUT2D eigenvalue weighted by atomic mass is 10.1. The third-order valence-electron chi connectivity index (χ3n) is 3.20. The van der Waals surface area contributed by atoms with Crippen molar-refractivity contribution in [1.29, 1.82) is 0 Å². The van der Waals surface area contributed by atoms with Crippen molar-refractivity contribution in [2.75, 3.05) is 0 Å². The van der Waals surface area contributed by atoms with Gasteiger partial charge in [-0.05, 0) is 49.2 Å². The number of carbonyl (C=O) groups is 1. The van der Waals surface area contributed by atoms with Crippen LogP contribution in [0.15, 0.2) is 42.5 Å². The number of hydrogen-bond acceptors (Lipinski definition) is 2. The number of ketones is 1. The standard InChI is InChI=1S/C16H12F2O2/c17-11-3-6-13(7-4-11)20-15-9-12(18)5-8-14(15)16(19)10-1-2-10/h3-10H,1-2H2. The van der Waals surface area contributed by atoms with Crippen molar-refractivity contribution >= 4 is 5.78 Å². The van der Waals surface area contributed by atoms with Crippen LogP contribution in [0.5, 0.6) is 11.5 Å². The zero-order valence-electron chi connectivity index (χ0n) is 10.6. The number of Topliss-reactive ketones (excluding diaryl/α,β-unsaturated/α-hetero) is 1. The van der Waals surface area contributed by atoms with E-state index >= 15 is 0 Å². The van der Waals surface area contributed by atoms with Crippen LogP contribution in [0.1, 0.15) is 23.2 Å². The van der Waals surface area contributed by atoms with E-state index in [4.69, 9.17) is 4.74 Å². The molecule has 0 aliphatic heterocycles. The summed E-state index contributed by atoms with van der Waals surface area (Å²) in [6.07, 6.45) is 1.73. The Morgan fingerprint density at radius 2 is 1.65 bits per heavy atom. The van der Waals surface area contributed by atoms with Crippen LogP contribution in [-0.2, 0) is 0 Å². The Balaban J connectivity index is 1.92. The normalized spacial score (nSPS) is 14.1. The van der Waals surface area contributed by atoms with Crippen molar-refractivity contribution in [1.82, 2.24) is 0 Å². The number of rotatable bonds is 4.